The lowest BCUT2D eigenvalue weighted by atomic mass is 9.95. The molecule has 3 N–H and O–H groups in total. The van der Waals surface area contributed by atoms with Crippen LogP contribution in [0.15, 0.2) is 24.5 Å². The Labute approximate surface area is 98.5 Å². The largest absolute Gasteiger partial charge is 0.330 e. The molecule has 16 heavy (non-hydrogen) atoms. The maximum Gasteiger partial charge on any atom is 0.0315 e. The van der Waals surface area contributed by atoms with Crippen LogP contribution in [0.25, 0.3) is 0 Å². The van der Waals surface area contributed by atoms with Crippen molar-refractivity contribution in [1.82, 2.24) is 10.3 Å². The van der Waals surface area contributed by atoms with Gasteiger partial charge in [-0.2, -0.15) is 0 Å². The third kappa shape index (κ3) is 3.91. The zero-order valence-corrected chi connectivity index (χ0v) is 10.5. The van der Waals surface area contributed by atoms with Gasteiger partial charge in [-0.25, -0.2) is 0 Å². The lowest BCUT2D eigenvalue weighted by molar-refractivity contribution is 0.356. The molecule has 0 aliphatic rings. The normalized spacial score (nSPS) is 15.1. The van der Waals surface area contributed by atoms with Crippen molar-refractivity contribution in [2.75, 3.05) is 13.1 Å². The van der Waals surface area contributed by atoms with Gasteiger partial charge < -0.3 is 11.1 Å². The van der Waals surface area contributed by atoms with Gasteiger partial charge in [0.25, 0.3) is 0 Å². The van der Waals surface area contributed by atoms with Gasteiger partial charge in [-0.05, 0) is 43.5 Å². The summed E-state index contributed by atoms with van der Waals surface area (Å²) in [7, 11) is 0. The van der Waals surface area contributed by atoms with Crippen molar-refractivity contribution in [3.8, 4) is 0 Å². The average Bonchev–Trinajstić information content (AvgIpc) is 2.30. The molecule has 3 nitrogen and oxygen atoms in total. The summed E-state index contributed by atoms with van der Waals surface area (Å²) < 4.78 is 0. The van der Waals surface area contributed by atoms with Gasteiger partial charge in [0.15, 0.2) is 0 Å². The molecule has 0 aliphatic heterocycles. The molecule has 3 heteroatoms. The van der Waals surface area contributed by atoms with Crippen LogP contribution in [0, 0.1) is 11.8 Å². The van der Waals surface area contributed by atoms with Crippen molar-refractivity contribution in [3.05, 3.63) is 30.1 Å². The van der Waals surface area contributed by atoms with Crippen LogP contribution in [0.5, 0.6) is 0 Å². The molecule has 0 aliphatic carbocycles. The molecule has 1 heterocycles. The van der Waals surface area contributed by atoms with E-state index in [9.17, 15) is 0 Å². The molecule has 1 aromatic heterocycles. The smallest absolute Gasteiger partial charge is 0.0315 e. The Hall–Kier alpha value is -0.930. The Kier molecular flexibility index (Phi) is 5.43. The molecule has 0 radical (unpaired) electrons. The number of hydrogen-bond donors (Lipinski definition) is 2. The number of rotatable bonds is 6. The van der Waals surface area contributed by atoms with Gasteiger partial charge in [0, 0.05) is 18.4 Å². The predicted octanol–water partition coefficient (Wildman–Crippen LogP) is 1.96. The van der Waals surface area contributed by atoms with Crippen molar-refractivity contribution in [2.45, 2.75) is 26.8 Å². The minimum Gasteiger partial charge on any atom is -0.330 e. The summed E-state index contributed by atoms with van der Waals surface area (Å²) in [4.78, 5) is 4.12. The SMILES string of the molecule is CC(C)C(CN)CN[C@@H](C)c1cccnc1. The van der Waals surface area contributed by atoms with Gasteiger partial charge in [0.05, 0.1) is 0 Å². The number of pyridine rings is 1. The zero-order valence-electron chi connectivity index (χ0n) is 10.5. The maximum atomic E-state index is 5.75. The molecule has 0 spiro atoms. The van der Waals surface area contributed by atoms with E-state index < -0.39 is 0 Å². The second-order valence-corrected chi connectivity index (χ2v) is 4.66. The van der Waals surface area contributed by atoms with Crippen LogP contribution in [-0.2, 0) is 0 Å². The molecule has 0 amide bonds. The fourth-order valence-electron chi connectivity index (χ4n) is 1.67. The van der Waals surface area contributed by atoms with Gasteiger partial charge in [0.2, 0.25) is 0 Å². The first kappa shape index (κ1) is 13.1. The first-order valence-corrected chi connectivity index (χ1v) is 5.98. The van der Waals surface area contributed by atoms with Crippen molar-refractivity contribution < 1.29 is 0 Å². The predicted molar refractivity (Wildman–Crippen MR) is 68.0 cm³/mol. The topological polar surface area (TPSA) is 50.9 Å². The Morgan fingerprint density at radius 3 is 2.62 bits per heavy atom. The van der Waals surface area contributed by atoms with E-state index in [0.29, 0.717) is 17.9 Å². The number of nitrogens with one attached hydrogen (secondary N) is 1. The van der Waals surface area contributed by atoms with Crippen molar-refractivity contribution in [1.29, 1.82) is 0 Å². The number of hydrogen-bond acceptors (Lipinski definition) is 3. The third-order valence-electron chi connectivity index (χ3n) is 3.12. The van der Waals surface area contributed by atoms with Crippen LogP contribution in [0.3, 0.4) is 0 Å². The molecule has 0 saturated carbocycles. The third-order valence-corrected chi connectivity index (χ3v) is 3.12. The van der Waals surface area contributed by atoms with E-state index >= 15 is 0 Å². The molecular formula is C13H23N3. The van der Waals surface area contributed by atoms with E-state index in [1.165, 1.54) is 5.56 Å². The van der Waals surface area contributed by atoms with Crippen LogP contribution < -0.4 is 11.1 Å². The Bertz CT molecular complexity index is 284. The fourth-order valence-corrected chi connectivity index (χ4v) is 1.67. The molecule has 0 saturated heterocycles. The lowest BCUT2D eigenvalue weighted by Crippen LogP contribution is -2.33. The van der Waals surface area contributed by atoms with Gasteiger partial charge in [-0.1, -0.05) is 19.9 Å². The van der Waals surface area contributed by atoms with Gasteiger partial charge in [-0.15, -0.1) is 0 Å². The summed E-state index contributed by atoms with van der Waals surface area (Å²) in [6.07, 6.45) is 3.71. The second-order valence-electron chi connectivity index (χ2n) is 4.66. The Morgan fingerprint density at radius 2 is 2.12 bits per heavy atom. The van der Waals surface area contributed by atoms with E-state index in [1.807, 2.05) is 12.3 Å². The van der Waals surface area contributed by atoms with Crippen molar-refractivity contribution in [2.24, 2.45) is 17.6 Å². The van der Waals surface area contributed by atoms with E-state index in [1.54, 1.807) is 6.20 Å². The molecule has 1 aromatic rings. The quantitative estimate of drug-likeness (QED) is 0.772. The van der Waals surface area contributed by atoms with Crippen LogP contribution in [0.2, 0.25) is 0 Å². The Morgan fingerprint density at radius 1 is 1.38 bits per heavy atom. The summed E-state index contributed by atoms with van der Waals surface area (Å²) in [5.74, 6) is 1.16. The first-order valence-electron chi connectivity index (χ1n) is 5.98. The van der Waals surface area contributed by atoms with Gasteiger partial charge in [0.1, 0.15) is 0 Å². The lowest BCUT2D eigenvalue weighted by Gasteiger charge is -2.22. The van der Waals surface area contributed by atoms with Crippen molar-refractivity contribution >= 4 is 0 Å². The van der Waals surface area contributed by atoms with Gasteiger partial charge >= 0.3 is 0 Å². The highest BCUT2D eigenvalue weighted by Crippen LogP contribution is 2.13. The molecule has 0 aromatic carbocycles. The molecule has 90 valence electrons. The molecule has 0 bridgehead atoms. The highest BCUT2D eigenvalue weighted by Gasteiger charge is 2.13. The number of nitrogens with zero attached hydrogens (tertiary/aromatic N) is 1. The van der Waals surface area contributed by atoms with Crippen LogP contribution >= 0.6 is 0 Å². The maximum absolute atomic E-state index is 5.75. The highest BCUT2D eigenvalue weighted by atomic mass is 14.9. The first-order chi connectivity index (χ1) is 7.65. The fraction of sp³-hybridized carbons (Fsp3) is 0.615. The summed E-state index contributed by atoms with van der Waals surface area (Å²) in [5, 5.41) is 3.51. The van der Waals surface area contributed by atoms with E-state index in [2.05, 4.69) is 37.1 Å². The van der Waals surface area contributed by atoms with Crippen molar-refractivity contribution in [3.63, 3.8) is 0 Å². The number of aromatic nitrogens is 1. The van der Waals surface area contributed by atoms with Crippen LogP contribution in [0.1, 0.15) is 32.4 Å². The minimum atomic E-state index is 0.335. The number of nitrogens with two attached hydrogens (primary N) is 1. The van der Waals surface area contributed by atoms with Crippen LogP contribution in [0.4, 0.5) is 0 Å². The molecular weight excluding hydrogens is 198 g/mol. The molecule has 1 rings (SSSR count). The van der Waals surface area contributed by atoms with E-state index in [-0.39, 0.29) is 0 Å². The summed E-state index contributed by atoms with van der Waals surface area (Å²) in [6, 6.07) is 4.40. The second kappa shape index (κ2) is 6.61. The monoisotopic (exact) mass is 221 g/mol. The minimum absolute atomic E-state index is 0.335. The van der Waals surface area contributed by atoms with Crippen LogP contribution in [-0.4, -0.2) is 18.1 Å². The highest BCUT2D eigenvalue weighted by molar-refractivity contribution is 5.12. The van der Waals surface area contributed by atoms with E-state index in [4.69, 9.17) is 5.73 Å². The molecule has 0 fully saturated rings. The Balaban J connectivity index is 2.43. The average molecular weight is 221 g/mol. The molecule has 1 unspecified atom stereocenters. The molecule has 2 atom stereocenters. The van der Waals surface area contributed by atoms with Gasteiger partial charge in [-0.3, -0.25) is 4.98 Å². The zero-order chi connectivity index (χ0) is 12.0. The summed E-state index contributed by atoms with van der Waals surface area (Å²) in [6.45, 7) is 8.29. The van der Waals surface area contributed by atoms with E-state index in [0.717, 1.165) is 13.1 Å². The summed E-state index contributed by atoms with van der Waals surface area (Å²) in [5.41, 5.74) is 6.97. The standard InChI is InChI=1S/C13H23N3/c1-10(2)13(7-14)9-16-11(3)12-5-4-6-15-8-12/h4-6,8,10-11,13,16H,7,9,14H2,1-3H3/t11-,13?/m0/s1. The summed E-state index contributed by atoms with van der Waals surface area (Å²) >= 11 is 0.